The van der Waals surface area contributed by atoms with E-state index >= 15 is 0 Å². The first-order chi connectivity index (χ1) is 14.1. The Labute approximate surface area is 171 Å². The molecule has 0 radical (unpaired) electrons. The molecule has 29 heavy (non-hydrogen) atoms. The molecule has 1 saturated heterocycles. The Hall–Kier alpha value is -3.05. The van der Waals surface area contributed by atoms with E-state index in [1.165, 1.54) is 0 Å². The highest BCUT2D eigenvalue weighted by atomic mass is 16.1. The molecule has 5 nitrogen and oxygen atoms in total. The lowest BCUT2D eigenvalue weighted by atomic mass is 9.74. The van der Waals surface area contributed by atoms with Crippen LogP contribution in [0.4, 0.5) is 0 Å². The van der Waals surface area contributed by atoms with Crippen LogP contribution in [0.5, 0.6) is 0 Å². The predicted molar refractivity (Wildman–Crippen MR) is 114 cm³/mol. The molecule has 5 heteroatoms. The van der Waals surface area contributed by atoms with E-state index in [1.54, 1.807) is 12.4 Å². The summed E-state index contributed by atoms with van der Waals surface area (Å²) in [4.78, 5) is 23.3. The van der Waals surface area contributed by atoms with Gasteiger partial charge in [-0.05, 0) is 66.8 Å². The van der Waals surface area contributed by atoms with Crippen LogP contribution in [0.1, 0.15) is 24.1 Å². The van der Waals surface area contributed by atoms with Crippen molar-refractivity contribution in [3.8, 4) is 11.1 Å². The molecule has 0 aliphatic carbocycles. The number of rotatable bonds is 6. The number of amides is 1. The first kappa shape index (κ1) is 19.3. The molecule has 0 bridgehead atoms. The van der Waals surface area contributed by atoms with Gasteiger partial charge in [-0.25, -0.2) is 0 Å². The van der Waals surface area contributed by atoms with Crippen LogP contribution in [0.3, 0.4) is 0 Å². The fourth-order valence-corrected chi connectivity index (χ4v) is 4.27. The van der Waals surface area contributed by atoms with Gasteiger partial charge in [0.1, 0.15) is 0 Å². The van der Waals surface area contributed by atoms with Gasteiger partial charge in [-0.1, -0.05) is 30.3 Å². The zero-order chi connectivity index (χ0) is 20.1. The average Bonchev–Trinajstić information content (AvgIpc) is 2.76. The molecule has 1 amide bonds. The number of pyridine rings is 2. The van der Waals surface area contributed by atoms with Crippen LogP contribution in [-0.4, -0.2) is 33.9 Å². The van der Waals surface area contributed by atoms with Gasteiger partial charge in [0.05, 0.1) is 11.1 Å². The first-order valence-electron chi connectivity index (χ1n) is 10.1. The predicted octanol–water partition coefficient (Wildman–Crippen LogP) is 3.45. The number of hydrogen-bond acceptors (Lipinski definition) is 4. The minimum Gasteiger partial charge on any atom is -0.369 e. The number of nitrogens with two attached hydrogens (primary N) is 1. The number of carbonyl (C=O) groups excluding carboxylic acids is 1. The van der Waals surface area contributed by atoms with Crippen molar-refractivity contribution in [1.82, 2.24) is 14.9 Å². The van der Waals surface area contributed by atoms with Crippen LogP contribution in [0.25, 0.3) is 11.1 Å². The number of aromatic nitrogens is 2. The lowest BCUT2D eigenvalue weighted by molar-refractivity contribution is -0.131. The highest BCUT2D eigenvalue weighted by molar-refractivity contribution is 5.81. The summed E-state index contributed by atoms with van der Waals surface area (Å²) >= 11 is 0. The van der Waals surface area contributed by atoms with Gasteiger partial charge in [-0.2, -0.15) is 0 Å². The number of nitrogens with zero attached hydrogens (tertiary/aromatic N) is 3. The maximum absolute atomic E-state index is 12.5. The lowest BCUT2D eigenvalue weighted by Gasteiger charge is -2.40. The molecule has 1 fully saturated rings. The summed E-state index contributed by atoms with van der Waals surface area (Å²) in [5, 5.41) is 0. The molecule has 148 valence electrons. The number of benzene rings is 1. The van der Waals surface area contributed by atoms with Crippen molar-refractivity contribution < 1.29 is 4.79 Å². The summed E-state index contributed by atoms with van der Waals surface area (Å²) in [6, 6.07) is 18.4. The molecule has 0 saturated carbocycles. The third kappa shape index (κ3) is 4.51. The summed E-state index contributed by atoms with van der Waals surface area (Å²) in [6.07, 6.45) is 7.85. The fraction of sp³-hybridized carbons (Fsp3) is 0.292. The minimum atomic E-state index is -0.536. The van der Waals surface area contributed by atoms with Crippen molar-refractivity contribution in [2.24, 2.45) is 11.1 Å². The third-order valence-corrected chi connectivity index (χ3v) is 5.80. The molecular formula is C24H26N4O. The molecule has 1 aromatic carbocycles. The van der Waals surface area contributed by atoms with Crippen molar-refractivity contribution in [3.63, 3.8) is 0 Å². The second-order valence-electron chi connectivity index (χ2n) is 7.89. The van der Waals surface area contributed by atoms with Crippen molar-refractivity contribution >= 4 is 5.91 Å². The van der Waals surface area contributed by atoms with E-state index in [-0.39, 0.29) is 5.91 Å². The maximum atomic E-state index is 12.5. The smallest absolute Gasteiger partial charge is 0.225 e. The molecule has 0 unspecified atom stereocenters. The summed E-state index contributed by atoms with van der Waals surface area (Å²) in [5.41, 5.74) is 9.84. The Bertz CT molecular complexity index is 944. The van der Waals surface area contributed by atoms with Gasteiger partial charge < -0.3 is 5.73 Å². The molecule has 3 aromatic rings. The number of hydrogen-bond donors (Lipinski definition) is 1. The topological polar surface area (TPSA) is 72.1 Å². The largest absolute Gasteiger partial charge is 0.369 e. The molecule has 1 aliphatic heterocycles. The minimum absolute atomic E-state index is 0.207. The van der Waals surface area contributed by atoms with E-state index in [0.717, 1.165) is 48.3 Å². The second kappa shape index (κ2) is 8.53. The Kier molecular flexibility index (Phi) is 5.67. The van der Waals surface area contributed by atoms with Crippen molar-refractivity contribution in [2.45, 2.75) is 25.8 Å². The van der Waals surface area contributed by atoms with Crippen molar-refractivity contribution in [1.29, 1.82) is 0 Å². The highest BCUT2D eigenvalue weighted by Crippen LogP contribution is 2.34. The van der Waals surface area contributed by atoms with Gasteiger partial charge in [0.2, 0.25) is 5.91 Å². The molecule has 1 atom stereocenters. The molecule has 4 rings (SSSR count). The number of likely N-dealkylation sites (tertiary alicyclic amines) is 1. The third-order valence-electron chi connectivity index (χ3n) is 5.80. The van der Waals surface area contributed by atoms with Crippen LogP contribution in [0.15, 0.2) is 73.2 Å². The van der Waals surface area contributed by atoms with Crippen LogP contribution < -0.4 is 5.73 Å². The lowest BCUT2D eigenvalue weighted by Crippen LogP contribution is -2.51. The maximum Gasteiger partial charge on any atom is 0.225 e. The molecule has 0 spiro atoms. The summed E-state index contributed by atoms with van der Waals surface area (Å²) in [5.74, 6) is -0.207. The molecule has 2 aromatic heterocycles. The molecule has 1 aliphatic rings. The van der Waals surface area contributed by atoms with Gasteiger partial charge in [-0.3, -0.25) is 19.7 Å². The van der Waals surface area contributed by atoms with E-state index in [9.17, 15) is 4.79 Å². The van der Waals surface area contributed by atoms with Gasteiger partial charge >= 0.3 is 0 Å². The van der Waals surface area contributed by atoms with E-state index in [1.807, 2.05) is 36.5 Å². The summed E-state index contributed by atoms with van der Waals surface area (Å²) < 4.78 is 0. The monoisotopic (exact) mass is 386 g/mol. The summed E-state index contributed by atoms with van der Waals surface area (Å²) in [7, 11) is 0. The zero-order valence-electron chi connectivity index (χ0n) is 16.5. The average molecular weight is 386 g/mol. The SMILES string of the molecule is NC(=O)[C@]1(Cc2ccc(-c3ccncc3)cc2)CCCN(Cc2ccccn2)C1. The first-order valence-corrected chi connectivity index (χ1v) is 10.1. The van der Waals surface area contributed by atoms with Crippen molar-refractivity contribution in [2.75, 3.05) is 13.1 Å². The molecule has 2 N–H and O–H groups in total. The number of piperidine rings is 1. The highest BCUT2D eigenvalue weighted by Gasteiger charge is 2.40. The second-order valence-corrected chi connectivity index (χ2v) is 7.89. The van der Waals surface area contributed by atoms with Gasteiger partial charge in [-0.15, -0.1) is 0 Å². The fourth-order valence-electron chi connectivity index (χ4n) is 4.27. The Morgan fingerprint density at radius 2 is 1.76 bits per heavy atom. The number of primary amides is 1. The quantitative estimate of drug-likeness (QED) is 0.704. The van der Waals surface area contributed by atoms with Gasteiger partial charge in [0, 0.05) is 31.7 Å². The summed E-state index contributed by atoms with van der Waals surface area (Å²) in [6.45, 7) is 2.38. The van der Waals surface area contributed by atoms with Crippen LogP contribution in [0, 0.1) is 5.41 Å². The Balaban J connectivity index is 1.50. The van der Waals surface area contributed by atoms with E-state index in [0.29, 0.717) is 13.0 Å². The normalized spacial score (nSPS) is 19.7. The van der Waals surface area contributed by atoms with E-state index in [2.05, 4.69) is 39.1 Å². The van der Waals surface area contributed by atoms with Crippen LogP contribution >= 0.6 is 0 Å². The van der Waals surface area contributed by atoms with E-state index < -0.39 is 5.41 Å². The van der Waals surface area contributed by atoms with Gasteiger partial charge in [0.15, 0.2) is 0 Å². The van der Waals surface area contributed by atoms with Crippen LogP contribution in [0.2, 0.25) is 0 Å². The van der Waals surface area contributed by atoms with Crippen LogP contribution in [-0.2, 0) is 17.8 Å². The molecular weight excluding hydrogens is 360 g/mol. The molecule has 3 heterocycles. The van der Waals surface area contributed by atoms with Gasteiger partial charge in [0.25, 0.3) is 0 Å². The number of carbonyl (C=O) groups is 1. The van der Waals surface area contributed by atoms with Crippen molar-refractivity contribution in [3.05, 3.63) is 84.4 Å². The Morgan fingerprint density at radius 3 is 2.45 bits per heavy atom. The zero-order valence-corrected chi connectivity index (χ0v) is 16.5. The Morgan fingerprint density at radius 1 is 1.00 bits per heavy atom. The van der Waals surface area contributed by atoms with E-state index in [4.69, 9.17) is 5.73 Å². The standard InChI is InChI=1S/C24H26N4O/c25-23(29)24(11-3-15-28(18-24)17-22-4-1-2-12-27-22)16-19-5-7-20(8-6-19)21-9-13-26-14-10-21/h1-2,4-10,12-14H,3,11,15-18H2,(H2,25,29)/t24-/m0/s1.